The second-order valence-electron chi connectivity index (χ2n) is 6.72. The molecule has 5 nitrogen and oxygen atoms in total. The Morgan fingerprint density at radius 3 is 2.35 bits per heavy atom. The summed E-state index contributed by atoms with van der Waals surface area (Å²) in [5.41, 5.74) is 0.567. The summed E-state index contributed by atoms with van der Waals surface area (Å²) in [5.74, 6) is -2.29. The molecular weight excluding hydrogens is 424 g/mol. The van der Waals surface area contributed by atoms with Gasteiger partial charge in [0.25, 0.3) is 0 Å². The smallest absolute Gasteiger partial charge is 0.214 e. The van der Waals surface area contributed by atoms with Gasteiger partial charge in [-0.3, -0.25) is 4.79 Å². The van der Waals surface area contributed by atoms with Gasteiger partial charge in [0, 0.05) is 23.5 Å². The fourth-order valence-electron chi connectivity index (χ4n) is 3.30. The van der Waals surface area contributed by atoms with Crippen LogP contribution in [0.1, 0.15) is 17.3 Å². The third-order valence-electron chi connectivity index (χ3n) is 4.78. The van der Waals surface area contributed by atoms with E-state index in [1.165, 1.54) is 41.3 Å². The molecule has 31 heavy (non-hydrogen) atoms. The van der Waals surface area contributed by atoms with Crippen LogP contribution in [0.25, 0.3) is 0 Å². The van der Waals surface area contributed by atoms with Crippen molar-refractivity contribution in [1.29, 1.82) is 0 Å². The molecule has 1 aliphatic rings. The Bertz CT molecular complexity index is 1300. The van der Waals surface area contributed by atoms with Crippen molar-refractivity contribution in [2.24, 2.45) is 0 Å². The van der Waals surface area contributed by atoms with Crippen LogP contribution in [-0.2, 0) is 9.84 Å². The quantitative estimate of drug-likeness (QED) is 0.521. The molecule has 0 N–H and O–H groups in total. The van der Waals surface area contributed by atoms with Crippen molar-refractivity contribution in [3.05, 3.63) is 95.0 Å². The number of para-hydroxylation sites is 1. The molecule has 0 unspecified atom stereocenters. The van der Waals surface area contributed by atoms with Crippen molar-refractivity contribution in [2.75, 3.05) is 11.5 Å². The maximum absolute atomic E-state index is 13.9. The van der Waals surface area contributed by atoms with Gasteiger partial charge in [0.15, 0.2) is 11.6 Å². The van der Waals surface area contributed by atoms with E-state index in [0.717, 1.165) is 18.3 Å². The molecule has 158 valence electrons. The number of hydrogen-bond acceptors (Lipinski definition) is 5. The number of ether oxygens (including phenoxy) is 1. The maximum atomic E-state index is 13.9. The van der Waals surface area contributed by atoms with E-state index < -0.39 is 32.2 Å². The van der Waals surface area contributed by atoms with Gasteiger partial charge in [0.2, 0.25) is 15.6 Å². The minimum atomic E-state index is -4.14. The molecular formula is C23H17F2NO4S. The molecule has 3 aromatic rings. The molecule has 1 aliphatic heterocycles. The normalized spacial score (nSPS) is 14.5. The first-order chi connectivity index (χ1) is 14.8. The summed E-state index contributed by atoms with van der Waals surface area (Å²) in [6, 6.07) is 15.4. The zero-order valence-electron chi connectivity index (χ0n) is 16.4. The van der Waals surface area contributed by atoms with E-state index in [-0.39, 0.29) is 21.8 Å². The number of sulfone groups is 1. The highest BCUT2D eigenvalue weighted by Gasteiger charge is 2.36. The fraction of sp³-hybridized carbons (Fsp3) is 0.0870. The molecule has 0 saturated carbocycles. The Kier molecular flexibility index (Phi) is 5.32. The van der Waals surface area contributed by atoms with Crippen LogP contribution in [0.4, 0.5) is 20.2 Å². The summed E-state index contributed by atoms with van der Waals surface area (Å²) in [5, 5.41) is 0. The summed E-state index contributed by atoms with van der Waals surface area (Å²) in [4.78, 5) is 13.9. The minimum Gasteiger partial charge on any atom is -0.494 e. The first kappa shape index (κ1) is 20.7. The zero-order chi connectivity index (χ0) is 22.2. The average molecular weight is 441 g/mol. The molecule has 0 radical (unpaired) electrons. The number of Topliss-reactive ketones (excluding diaryl/α,β-unsaturated/α-hetero) is 1. The number of carbonyl (C=O) groups excluding carboxylic acids is 1. The molecule has 0 spiro atoms. The van der Waals surface area contributed by atoms with Gasteiger partial charge >= 0.3 is 0 Å². The lowest BCUT2D eigenvalue weighted by atomic mass is 10.1. The minimum absolute atomic E-state index is 0.100. The number of benzene rings is 3. The van der Waals surface area contributed by atoms with Gasteiger partial charge < -0.3 is 9.64 Å². The largest absolute Gasteiger partial charge is 0.494 e. The molecule has 0 aromatic heterocycles. The monoisotopic (exact) mass is 441 g/mol. The summed E-state index contributed by atoms with van der Waals surface area (Å²) in [7, 11) is -4.14. The van der Waals surface area contributed by atoms with Crippen molar-refractivity contribution in [3.8, 4) is 5.75 Å². The van der Waals surface area contributed by atoms with E-state index in [1.807, 2.05) is 6.92 Å². The topological polar surface area (TPSA) is 63.7 Å². The van der Waals surface area contributed by atoms with Gasteiger partial charge in [-0.25, -0.2) is 17.2 Å². The number of rotatable bonds is 5. The molecule has 0 fully saturated rings. The summed E-state index contributed by atoms with van der Waals surface area (Å²) in [6.45, 7) is 2.27. The third kappa shape index (κ3) is 3.70. The molecule has 8 heteroatoms. The van der Waals surface area contributed by atoms with Gasteiger partial charge in [-0.05, 0) is 55.5 Å². The van der Waals surface area contributed by atoms with Crippen molar-refractivity contribution in [1.82, 2.24) is 0 Å². The standard InChI is InChI=1S/C23H17F2NO4S/c1-2-30-17-10-7-15(8-11-17)23(27)22-14-26(16-9-12-18(24)19(25)13-16)20-5-3-4-6-21(20)31(22,28)29/h3-14H,2H2,1H3. The number of fused-ring (bicyclic) bond motifs is 1. The molecule has 0 saturated heterocycles. The summed E-state index contributed by atoms with van der Waals surface area (Å²) in [6.07, 6.45) is 1.14. The van der Waals surface area contributed by atoms with Crippen LogP contribution in [0.5, 0.6) is 5.75 Å². The van der Waals surface area contributed by atoms with Gasteiger partial charge in [-0.1, -0.05) is 12.1 Å². The highest BCUT2D eigenvalue weighted by molar-refractivity contribution is 7.96. The predicted octanol–water partition coefficient (Wildman–Crippen LogP) is 5.01. The third-order valence-corrected chi connectivity index (χ3v) is 6.58. The highest BCUT2D eigenvalue weighted by Crippen LogP contribution is 2.40. The van der Waals surface area contributed by atoms with Gasteiger partial charge in [0.05, 0.1) is 17.2 Å². The molecule has 0 amide bonds. The molecule has 4 rings (SSSR count). The van der Waals surface area contributed by atoms with Crippen LogP contribution in [0.3, 0.4) is 0 Å². The lowest BCUT2D eigenvalue weighted by Gasteiger charge is -2.28. The van der Waals surface area contributed by atoms with Crippen LogP contribution in [-0.4, -0.2) is 20.8 Å². The van der Waals surface area contributed by atoms with Crippen LogP contribution in [0, 0.1) is 11.6 Å². The highest BCUT2D eigenvalue weighted by atomic mass is 32.2. The van der Waals surface area contributed by atoms with Gasteiger partial charge in [0.1, 0.15) is 10.7 Å². The Morgan fingerprint density at radius 1 is 0.968 bits per heavy atom. The lowest BCUT2D eigenvalue weighted by molar-refractivity contribution is 0.104. The fourth-order valence-corrected chi connectivity index (χ4v) is 4.84. The number of hydrogen-bond donors (Lipinski definition) is 0. The van der Waals surface area contributed by atoms with E-state index in [4.69, 9.17) is 4.74 Å². The SMILES string of the molecule is CCOc1ccc(C(=O)C2=CN(c3ccc(F)c(F)c3)c3ccccc3S2(=O)=O)cc1. The van der Waals surface area contributed by atoms with Crippen LogP contribution in [0.2, 0.25) is 0 Å². The number of nitrogens with zero attached hydrogens (tertiary/aromatic N) is 1. The van der Waals surface area contributed by atoms with Crippen LogP contribution < -0.4 is 9.64 Å². The molecule has 1 heterocycles. The Labute approximate surface area is 178 Å². The number of allylic oxidation sites excluding steroid dienone is 1. The summed E-state index contributed by atoms with van der Waals surface area (Å²) >= 11 is 0. The van der Waals surface area contributed by atoms with E-state index in [1.54, 1.807) is 18.2 Å². The molecule has 3 aromatic carbocycles. The van der Waals surface area contributed by atoms with Crippen molar-refractivity contribution in [3.63, 3.8) is 0 Å². The van der Waals surface area contributed by atoms with E-state index >= 15 is 0 Å². The molecule has 0 atom stereocenters. The van der Waals surface area contributed by atoms with Crippen molar-refractivity contribution < 1.29 is 26.7 Å². The maximum Gasteiger partial charge on any atom is 0.214 e. The number of ketones is 1. The Morgan fingerprint density at radius 2 is 1.68 bits per heavy atom. The van der Waals surface area contributed by atoms with E-state index in [9.17, 15) is 22.0 Å². The number of anilines is 2. The van der Waals surface area contributed by atoms with Crippen molar-refractivity contribution >= 4 is 27.0 Å². The predicted molar refractivity (Wildman–Crippen MR) is 112 cm³/mol. The Balaban J connectivity index is 1.85. The van der Waals surface area contributed by atoms with Gasteiger partial charge in [-0.15, -0.1) is 0 Å². The van der Waals surface area contributed by atoms with Crippen LogP contribution in [0.15, 0.2) is 82.7 Å². The molecule has 0 bridgehead atoms. The van der Waals surface area contributed by atoms with Crippen LogP contribution >= 0.6 is 0 Å². The number of carbonyl (C=O) groups is 1. The van der Waals surface area contributed by atoms with Crippen molar-refractivity contribution in [2.45, 2.75) is 11.8 Å². The number of halogens is 2. The average Bonchev–Trinajstić information content (AvgIpc) is 2.76. The van der Waals surface area contributed by atoms with E-state index in [2.05, 4.69) is 0 Å². The summed E-state index contributed by atoms with van der Waals surface area (Å²) < 4.78 is 59.1. The lowest BCUT2D eigenvalue weighted by Crippen LogP contribution is -2.25. The second-order valence-corrected chi connectivity index (χ2v) is 8.61. The first-order valence-electron chi connectivity index (χ1n) is 9.40. The van der Waals surface area contributed by atoms with Gasteiger partial charge in [-0.2, -0.15) is 0 Å². The second kappa shape index (κ2) is 7.96. The first-order valence-corrected chi connectivity index (χ1v) is 10.9. The molecule has 0 aliphatic carbocycles. The zero-order valence-corrected chi connectivity index (χ0v) is 17.2. The van der Waals surface area contributed by atoms with E-state index in [0.29, 0.717) is 12.4 Å². The Hall–Kier alpha value is -3.52.